The third-order valence-corrected chi connectivity index (χ3v) is 2.98. The van der Waals surface area contributed by atoms with E-state index in [4.69, 9.17) is 4.74 Å². The van der Waals surface area contributed by atoms with Gasteiger partial charge in [-0.15, -0.1) is 0 Å². The summed E-state index contributed by atoms with van der Waals surface area (Å²) in [6, 6.07) is 3.71. The smallest absolute Gasteiger partial charge is 0.180 e. The van der Waals surface area contributed by atoms with Gasteiger partial charge in [0.1, 0.15) is 5.69 Å². The molecule has 0 radical (unpaired) electrons. The van der Waals surface area contributed by atoms with Gasteiger partial charge >= 0.3 is 0 Å². The molecule has 2 heterocycles. The molecule has 1 fully saturated rings. The molecule has 0 amide bonds. The molecule has 2 aromatic rings. The van der Waals surface area contributed by atoms with Crippen LogP contribution < -0.4 is 4.74 Å². The van der Waals surface area contributed by atoms with Crippen molar-refractivity contribution in [2.75, 3.05) is 7.11 Å². The molecule has 0 aromatic carbocycles. The highest BCUT2D eigenvalue weighted by molar-refractivity contribution is 5.78. The van der Waals surface area contributed by atoms with Crippen molar-refractivity contribution in [2.45, 2.75) is 18.8 Å². The maximum Gasteiger partial charge on any atom is 0.180 e. The van der Waals surface area contributed by atoms with Gasteiger partial charge in [-0.2, -0.15) is 0 Å². The molecule has 1 saturated carbocycles. The summed E-state index contributed by atoms with van der Waals surface area (Å²) in [6.45, 7) is 0. The summed E-state index contributed by atoms with van der Waals surface area (Å²) in [5, 5.41) is 0. The number of aromatic nitrogens is 2. The van der Waals surface area contributed by atoms with Crippen molar-refractivity contribution in [3.8, 4) is 5.75 Å². The van der Waals surface area contributed by atoms with Gasteiger partial charge in [-0.05, 0) is 25.0 Å². The van der Waals surface area contributed by atoms with Gasteiger partial charge in [-0.1, -0.05) is 0 Å². The summed E-state index contributed by atoms with van der Waals surface area (Å²) in [7, 11) is 1.61. The van der Waals surface area contributed by atoms with Crippen LogP contribution in [0.4, 0.5) is 0 Å². The number of methoxy groups -OCH3 is 1. The van der Waals surface area contributed by atoms with E-state index in [1.54, 1.807) is 11.5 Å². The first-order valence-corrected chi connectivity index (χ1v) is 5.35. The number of ether oxygens (including phenoxy) is 1. The number of carbonyl (C=O) groups excluding carboxylic acids is 1. The number of nitrogens with zero attached hydrogens (tertiary/aromatic N) is 2. The number of hydrogen-bond donors (Lipinski definition) is 0. The fourth-order valence-electron chi connectivity index (χ4n) is 2.01. The second-order valence-corrected chi connectivity index (χ2v) is 4.04. The molecule has 0 unspecified atom stereocenters. The minimum absolute atomic E-state index is 0.463. The molecule has 0 N–H and O–H groups in total. The van der Waals surface area contributed by atoms with Crippen LogP contribution in [0.25, 0.3) is 5.65 Å². The molecule has 4 nitrogen and oxygen atoms in total. The van der Waals surface area contributed by atoms with Gasteiger partial charge in [0.05, 0.1) is 12.8 Å². The summed E-state index contributed by atoms with van der Waals surface area (Å²) in [5.41, 5.74) is 2.31. The number of carbonyl (C=O) groups is 1. The van der Waals surface area contributed by atoms with Crippen molar-refractivity contribution in [1.29, 1.82) is 0 Å². The number of aldehydes is 1. The molecule has 4 heteroatoms. The van der Waals surface area contributed by atoms with Crippen LogP contribution >= 0.6 is 0 Å². The van der Waals surface area contributed by atoms with Crippen molar-refractivity contribution < 1.29 is 9.53 Å². The normalized spacial score (nSPS) is 15.3. The van der Waals surface area contributed by atoms with Gasteiger partial charge in [0.15, 0.2) is 17.7 Å². The third kappa shape index (κ3) is 1.23. The monoisotopic (exact) mass is 216 g/mol. The Kier molecular flexibility index (Phi) is 1.96. The molecule has 0 saturated heterocycles. The minimum Gasteiger partial charge on any atom is -0.493 e. The molecule has 0 bridgehead atoms. The topological polar surface area (TPSA) is 43.6 Å². The van der Waals surface area contributed by atoms with Crippen molar-refractivity contribution in [3.63, 3.8) is 0 Å². The van der Waals surface area contributed by atoms with E-state index in [1.165, 1.54) is 0 Å². The van der Waals surface area contributed by atoms with Crippen LogP contribution in [0.3, 0.4) is 0 Å². The van der Waals surface area contributed by atoms with Crippen LogP contribution in [-0.2, 0) is 0 Å². The summed E-state index contributed by atoms with van der Waals surface area (Å²) in [4.78, 5) is 15.7. The summed E-state index contributed by atoms with van der Waals surface area (Å²) in [6.07, 6.45) is 4.99. The van der Waals surface area contributed by atoms with Gasteiger partial charge in [0.2, 0.25) is 0 Å². The molecular weight excluding hydrogens is 204 g/mol. The fourth-order valence-corrected chi connectivity index (χ4v) is 2.01. The zero-order chi connectivity index (χ0) is 11.1. The molecule has 82 valence electrons. The summed E-state index contributed by atoms with van der Waals surface area (Å²) >= 11 is 0. The Bertz CT molecular complexity index is 555. The molecule has 16 heavy (non-hydrogen) atoms. The Hall–Kier alpha value is -1.84. The van der Waals surface area contributed by atoms with Gasteiger partial charge in [0.25, 0.3) is 0 Å². The van der Waals surface area contributed by atoms with Crippen LogP contribution in [-0.4, -0.2) is 22.8 Å². The van der Waals surface area contributed by atoms with Gasteiger partial charge in [0, 0.05) is 12.1 Å². The molecule has 1 aliphatic carbocycles. The Labute approximate surface area is 92.9 Å². The number of hydrogen-bond acceptors (Lipinski definition) is 3. The summed E-state index contributed by atoms with van der Waals surface area (Å²) in [5.74, 6) is 1.17. The standard InChI is InChI=1S/C12H12N2O2/c1-16-10-3-2-6-14-9(7-15)11(8-4-5-8)13-12(10)14/h2-3,6-8H,4-5H2,1H3. The number of rotatable bonds is 3. The highest BCUT2D eigenvalue weighted by atomic mass is 16.5. The lowest BCUT2D eigenvalue weighted by atomic mass is 10.2. The van der Waals surface area contributed by atoms with E-state index in [0.717, 1.165) is 30.5 Å². The third-order valence-electron chi connectivity index (χ3n) is 2.98. The van der Waals surface area contributed by atoms with E-state index in [-0.39, 0.29) is 0 Å². The Morgan fingerprint density at radius 3 is 3.00 bits per heavy atom. The summed E-state index contributed by atoms with van der Waals surface area (Å²) < 4.78 is 7.05. The number of fused-ring (bicyclic) bond motifs is 1. The van der Waals surface area contributed by atoms with Crippen LogP contribution in [0.1, 0.15) is 34.9 Å². The SMILES string of the molecule is COc1cccn2c(C=O)c(C3CC3)nc12. The first-order chi connectivity index (χ1) is 7.85. The van der Waals surface area contributed by atoms with Gasteiger partial charge in [-0.25, -0.2) is 4.98 Å². The van der Waals surface area contributed by atoms with Crippen LogP contribution in [0, 0.1) is 0 Å². The highest BCUT2D eigenvalue weighted by Gasteiger charge is 2.30. The maximum atomic E-state index is 11.1. The van der Waals surface area contributed by atoms with Gasteiger partial charge in [-0.3, -0.25) is 9.20 Å². The van der Waals surface area contributed by atoms with Crippen LogP contribution in [0.2, 0.25) is 0 Å². The molecular formula is C12H12N2O2. The van der Waals surface area contributed by atoms with E-state index in [9.17, 15) is 4.79 Å². The highest BCUT2D eigenvalue weighted by Crippen LogP contribution is 2.41. The molecule has 0 atom stereocenters. The van der Waals surface area contributed by atoms with Crippen molar-refractivity contribution in [1.82, 2.24) is 9.38 Å². The Morgan fingerprint density at radius 1 is 1.56 bits per heavy atom. The van der Waals surface area contributed by atoms with Crippen molar-refractivity contribution in [2.24, 2.45) is 0 Å². The fraction of sp³-hybridized carbons (Fsp3) is 0.333. The first kappa shape index (κ1) is 9.39. The van der Waals surface area contributed by atoms with Crippen LogP contribution in [0.5, 0.6) is 5.75 Å². The average Bonchev–Trinajstić information content (AvgIpc) is 3.09. The van der Waals surface area contributed by atoms with E-state index < -0.39 is 0 Å². The molecule has 1 aliphatic rings. The minimum atomic E-state index is 0.463. The van der Waals surface area contributed by atoms with Gasteiger partial charge < -0.3 is 4.74 Å². The van der Waals surface area contributed by atoms with E-state index in [0.29, 0.717) is 17.4 Å². The van der Waals surface area contributed by atoms with Crippen LogP contribution in [0.15, 0.2) is 18.3 Å². The Morgan fingerprint density at radius 2 is 2.38 bits per heavy atom. The lowest BCUT2D eigenvalue weighted by Crippen LogP contribution is -1.94. The molecule has 3 rings (SSSR count). The van der Waals surface area contributed by atoms with E-state index >= 15 is 0 Å². The quantitative estimate of drug-likeness (QED) is 0.737. The second-order valence-electron chi connectivity index (χ2n) is 4.04. The zero-order valence-electron chi connectivity index (χ0n) is 9.01. The average molecular weight is 216 g/mol. The lowest BCUT2D eigenvalue weighted by Gasteiger charge is -2.01. The Balaban J connectivity index is 2.31. The van der Waals surface area contributed by atoms with Crippen molar-refractivity contribution in [3.05, 3.63) is 29.7 Å². The number of pyridine rings is 1. The molecule has 0 spiro atoms. The number of imidazole rings is 1. The predicted molar refractivity (Wildman–Crippen MR) is 59.1 cm³/mol. The van der Waals surface area contributed by atoms with E-state index in [2.05, 4.69) is 4.98 Å². The maximum absolute atomic E-state index is 11.1. The zero-order valence-corrected chi connectivity index (χ0v) is 9.01. The lowest BCUT2D eigenvalue weighted by molar-refractivity contribution is 0.111. The second kappa shape index (κ2) is 3.33. The van der Waals surface area contributed by atoms with E-state index in [1.807, 2.05) is 18.3 Å². The molecule has 0 aliphatic heterocycles. The van der Waals surface area contributed by atoms with Crippen molar-refractivity contribution >= 4 is 11.9 Å². The largest absolute Gasteiger partial charge is 0.493 e. The first-order valence-electron chi connectivity index (χ1n) is 5.35. The molecule has 2 aromatic heterocycles. The predicted octanol–water partition coefficient (Wildman–Crippen LogP) is 2.03.